The molecule has 351 valence electrons. The van der Waals surface area contributed by atoms with Crippen LogP contribution in [-0.2, 0) is 31.8 Å². The van der Waals surface area contributed by atoms with Crippen LogP contribution < -0.4 is 24.5 Å². The zero-order valence-electron chi connectivity index (χ0n) is 35.9. The molecule has 0 unspecified atom stereocenters. The SMILES string of the molecule is CCN(CC)c1ccc(/C=C/C2=[N+](C)c3ccc(Br)cc3C23CCCCC3)c(Br)c1.O=C1C=CC(=NN=c2[n-]cc([N+](=O)[O-])s2)C(O)=C1.O=C1C=CC(=NN=c2[n-]cc([N+](=O)[O-])s2)C(O)=C1.[Co]. The minimum Gasteiger partial charge on any atom is -0.506 e. The minimum atomic E-state index is -0.583. The maximum Gasteiger partial charge on any atom is 0.319 e. The number of halogens is 2. The number of carbonyl (C=O) groups is 2. The second kappa shape index (κ2) is 23.6. The molecule has 3 aliphatic carbocycles. The van der Waals surface area contributed by atoms with E-state index in [1.165, 1.54) is 89.1 Å². The molecule has 1 aliphatic heterocycles. The van der Waals surface area contributed by atoms with Gasteiger partial charge in [0, 0.05) is 96.4 Å². The number of ketones is 2. The van der Waals surface area contributed by atoms with Crippen LogP contribution in [0.2, 0.25) is 0 Å². The minimum absolute atomic E-state index is 0. The zero-order chi connectivity index (χ0) is 47.5. The van der Waals surface area contributed by atoms with Gasteiger partial charge in [-0.3, -0.25) is 40.0 Å². The summed E-state index contributed by atoms with van der Waals surface area (Å²) in [5, 5.41) is 53.9. The number of benzene rings is 2. The van der Waals surface area contributed by atoms with Crippen LogP contribution in [0.3, 0.4) is 0 Å². The van der Waals surface area contributed by atoms with Crippen molar-refractivity contribution < 1.29 is 51.0 Å². The van der Waals surface area contributed by atoms with Gasteiger partial charge in [-0.05, 0) is 86.9 Å². The van der Waals surface area contributed by atoms with E-state index in [1.807, 2.05) is 0 Å². The topological polar surface area (TPSA) is 245 Å². The van der Waals surface area contributed by atoms with Crippen LogP contribution in [0.4, 0.5) is 21.4 Å². The van der Waals surface area contributed by atoms with E-state index in [-0.39, 0.29) is 76.3 Å². The Bertz CT molecular complexity index is 2850. The van der Waals surface area contributed by atoms with Gasteiger partial charge in [-0.1, -0.05) is 79.9 Å². The van der Waals surface area contributed by atoms with Gasteiger partial charge in [-0.15, -0.1) is 0 Å². The summed E-state index contributed by atoms with van der Waals surface area (Å²) in [5.41, 5.74) is 7.13. The number of allylic oxidation sites excluding steroid dienone is 7. The van der Waals surface area contributed by atoms with Crippen molar-refractivity contribution in [2.45, 2.75) is 51.4 Å². The predicted molar refractivity (Wildman–Crippen MR) is 261 cm³/mol. The average Bonchev–Trinajstić information content (AvgIpc) is 4.03. The van der Waals surface area contributed by atoms with Gasteiger partial charge in [-0.25, -0.2) is 0 Å². The number of fused-ring (bicyclic) bond motifs is 2. The smallest absolute Gasteiger partial charge is 0.319 e. The van der Waals surface area contributed by atoms with Crippen LogP contribution in [0.1, 0.15) is 57.1 Å². The first-order chi connectivity index (χ1) is 31.6. The number of rotatable bonds is 9. The second-order valence-corrected chi connectivity index (χ2v) is 18.4. The first-order valence-electron chi connectivity index (χ1n) is 20.3. The molecule has 23 heteroatoms. The molecule has 0 atom stereocenters. The number of aromatic nitrogens is 2. The summed E-state index contributed by atoms with van der Waals surface area (Å²) in [4.78, 5) is 51.3. The van der Waals surface area contributed by atoms with E-state index in [0.29, 0.717) is 0 Å². The first-order valence-corrected chi connectivity index (χ1v) is 23.5. The van der Waals surface area contributed by atoms with Gasteiger partial charge in [0.15, 0.2) is 17.3 Å². The van der Waals surface area contributed by atoms with E-state index < -0.39 is 9.85 Å². The number of thiazole rings is 2. The molecule has 1 fully saturated rings. The molecule has 1 radical (unpaired) electrons. The fourth-order valence-electron chi connectivity index (χ4n) is 7.47. The molecule has 4 aliphatic rings. The molecule has 0 bridgehead atoms. The maximum atomic E-state index is 10.9. The van der Waals surface area contributed by atoms with Gasteiger partial charge in [0.1, 0.15) is 30.0 Å². The molecule has 0 amide bonds. The van der Waals surface area contributed by atoms with Gasteiger partial charge >= 0.3 is 10.0 Å². The molecule has 2 aromatic carbocycles. The summed E-state index contributed by atoms with van der Waals surface area (Å²) in [5.74, 6) is -1.32. The number of aliphatic hydroxyl groups is 2. The van der Waals surface area contributed by atoms with Gasteiger partial charge in [0.2, 0.25) is 5.69 Å². The predicted octanol–water partition coefficient (Wildman–Crippen LogP) is 8.60. The summed E-state index contributed by atoms with van der Waals surface area (Å²) < 4.78 is 4.75. The van der Waals surface area contributed by atoms with Gasteiger partial charge in [-0.2, -0.15) is 4.58 Å². The fourth-order valence-corrected chi connectivity index (χ4v) is 9.44. The number of aliphatic hydroxyl groups excluding tert-OH is 2. The molecule has 67 heavy (non-hydrogen) atoms. The van der Waals surface area contributed by atoms with Gasteiger partial charge < -0.3 is 35.3 Å². The molecule has 0 saturated heterocycles. The molecule has 3 heterocycles. The number of anilines is 1. The Morgan fingerprint density at radius 1 is 0.791 bits per heavy atom. The van der Waals surface area contributed by atoms with E-state index in [0.717, 1.165) is 64.8 Å². The second-order valence-electron chi connectivity index (χ2n) is 14.6. The van der Waals surface area contributed by atoms with Crippen molar-refractivity contribution in [1.82, 2.24) is 9.97 Å². The van der Waals surface area contributed by atoms with E-state index in [1.54, 1.807) is 0 Å². The number of hydrogen-bond acceptors (Lipinski definition) is 15. The van der Waals surface area contributed by atoms with Crippen molar-refractivity contribution in [2.24, 2.45) is 20.4 Å². The van der Waals surface area contributed by atoms with Crippen LogP contribution in [0.15, 0.2) is 132 Å². The summed E-state index contributed by atoms with van der Waals surface area (Å²) in [6, 6.07) is 13.5. The van der Waals surface area contributed by atoms with Crippen LogP contribution >= 0.6 is 54.5 Å². The Balaban J connectivity index is 0.000000197. The molecule has 1 saturated carbocycles. The van der Waals surface area contributed by atoms with Crippen molar-refractivity contribution in [2.75, 3.05) is 25.0 Å². The fraction of sp³-hybridized carbons (Fsp3) is 0.250. The third-order valence-electron chi connectivity index (χ3n) is 10.6. The largest absolute Gasteiger partial charge is 0.506 e. The summed E-state index contributed by atoms with van der Waals surface area (Å²) in [7, 11) is 2.23. The quantitative estimate of drug-likeness (QED) is 0.0695. The van der Waals surface area contributed by atoms with Crippen LogP contribution in [0.5, 0.6) is 0 Å². The number of hydrogen-bond donors (Lipinski definition) is 2. The van der Waals surface area contributed by atoms with Crippen LogP contribution in [-0.4, -0.2) is 73.5 Å². The third kappa shape index (κ3) is 12.9. The Morgan fingerprint density at radius 2 is 1.33 bits per heavy atom. The Morgan fingerprint density at radius 3 is 1.79 bits per heavy atom. The number of carbonyl (C=O) groups excluding carboxylic acids is 2. The molecular weight excluding hydrogens is 1080 g/mol. The van der Waals surface area contributed by atoms with Crippen molar-refractivity contribution in [3.8, 4) is 0 Å². The monoisotopic (exact) mass is 1120 g/mol. The third-order valence-corrected chi connectivity index (χ3v) is 13.5. The van der Waals surface area contributed by atoms with Gasteiger partial charge in [0.05, 0.1) is 15.3 Å². The standard InChI is InChI=1S/C26H31Br2N2.2C9H6N4O4S.Co/c1-4-30(5-2)21-12-9-19(23(28)18-21)10-14-25-26(15-7-6-8-16-26)22-17-20(27)11-13-24(22)29(25)3;2*14-5-1-2-6(7(15)3-5)11-12-9-10-4-8(18-9)13(16)17;/h9-14,17-18H,4-8,15-16H2,1-3H3;2*1-4H,(H2,10,12,14,15);/q+1;;;/p-2. The Hall–Kier alpha value is -5.98. The normalized spacial score (nSPS) is 17.7. The van der Waals surface area contributed by atoms with E-state index >= 15 is 0 Å². The van der Waals surface area contributed by atoms with E-state index in [2.05, 4.69) is 141 Å². The first kappa shape index (κ1) is 52.0. The molecular formula is C44H41Br2CoN10O8S2-. The molecule has 4 aromatic rings. The molecule has 18 nitrogen and oxygen atoms in total. The average molecular weight is 1120 g/mol. The Labute approximate surface area is 418 Å². The summed E-state index contributed by atoms with van der Waals surface area (Å²) >= 11 is 9.04. The molecule has 8 rings (SSSR count). The summed E-state index contributed by atoms with van der Waals surface area (Å²) in [6.07, 6.45) is 20.3. The molecule has 1 spiro atoms. The molecule has 2 N–H and O–H groups in total. The van der Waals surface area contributed by atoms with Crippen molar-refractivity contribution >= 4 is 111 Å². The van der Waals surface area contributed by atoms with Crippen molar-refractivity contribution in [3.05, 3.63) is 153 Å². The summed E-state index contributed by atoms with van der Waals surface area (Å²) in [6.45, 7) is 6.46. The molecule has 2 aromatic heterocycles. The van der Waals surface area contributed by atoms with Crippen molar-refractivity contribution in [1.29, 1.82) is 0 Å². The maximum absolute atomic E-state index is 10.9. The zero-order valence-corrected chi connectivity index (χ0v) is 41.8. The van der Waals surface area contributed by atoms with E-state index in [9.17, 15) is 40.0 Å². The van der Waals surface area contributed by atoms with Crippen molar-refractivity contribution in [3.63, 3.8) is 0 Å². The van der Waals surface area contributed by atoms with E-state index in [4.69, 9.17) is 0 Å². The number of nitrogens with zero attached hydrogens (tertiary/aromatic N) is 10. The van der Waals surface area contributed by atoms with Gasteiger partial charge in [0.25, 0.3) is 0 Å². The van der Waals surface area contributed by atoms with Crippen LogP contribution in [0.25, 0.3) is 6.08 Å². The number of nitro groups is 2. The Kier molecular flexibility index (Phi) is 18.4. The van der Waals surface area contributed by atoms with Crippen LogP contribution in [0, 0.1) is 20.2 Å².